The van der Waals surface area contributed by atoms with E-state index >= 15 is 0 Å². The van der Waals surface area contributed by atoms with Crippen molar-refractivity contribution in [2.24, 2.45) is 0 Å². The number of aliphatic hydroxyl groups excluding tert-OH is 1. The van der Waals surface area contributed by atoms with E-state index in [0.29, 0.717) is 6.61 Å². The van der Waals surface area contributed by atoms with Crippen LogP contribution in [0, 0.1) is 0 Å². The van der Waals surface area contributed by atoms with Gasteiger partial charge in [-0.25, -0.2) is 0 Å². The maximum absolute atomic E-state index is 10.5. The van der Waals surface area contributed by atoms with Gasteiger partial charge >= 0.3 is 0 Å². The molecule has 3 nitrogen and oxygen atoms in total. The fourth-order valence-electron chi connectivity index (χ4n) is 2.22. The Morgan fingerprint density at radius 3 is 2.38 bits per heavy atom. The molecular weight excluding hydrogens is 262 g/mol. The minimum Gasteiger partial charge on any atom is -0.493 e. The van der Waals surface area contributed by atoms with Crippen LogP contribution in [0.5, 0.6) is 5.75 Å². The third-order valence-electron chi connectivity index (χ3n) is 3.34. The van der Waals surface area contributed by atoms with Crippen molar-refractivity contribution in [1.29, 1.82) is 0 Å². The molecule has 0 bridgehead atoms. The molecule has 0 radical (unpaired) electrons. The zero-order valence-electron chi connectivity index (χ0n) is 12.7. The van der Waals surface area contributed by atoms with Gasteiger partial charge in [-0.15, -0.1) is 0 Å². The third-order valence-corrected chi connectivity index (χ3v) is 3.34. The summed E-state index contributed by atoms with van der Waals surface area (Å²) in [6, 6.07) is 17.3. The zero-order valence-corrected chi connectivity index (χ0v) is 12.7. The van der Waals surface area contributed by atoms with Crippen LogP contribution in [0.1, 0.15) is 23.7 Å². The first-order chi connectivity index (χ1) is 10.2. The SMILES string of the molecule is CN(C)CCCOc1ccccc1C(O)c1ccccc1. The topological polar surface area (TPSA) is 32.7 Å². The van der Waals surface area contributed by atoms with E-state index in [0.717, 1.165) is 29.8 Å². The molecule has 2 rings (SSSR count). The highest BCUT2D eigenvalue weighted by Crippen LogP contribution is 2.29. The van der Waals surface area contributed by atoms with Gasteiger partial charge in [0.25, 0.3) is 0 Å². The highest BCUT2D eigenvalue weighted by molar-refractivity contribution is 5.40. The molecule has 0 aliphatic heterocycles. The molecule has 0 aliphatic carbocycles. The highest BCUT2D eigenvalue weighted by atomic mass is 16.5. The number of hydrogen-bond donors (Lipinski definition) is 1. The van der Waals surface area contributed by atoms with Gasteiger partial charge < -0.3 is 14.7 Å². The zero-order chi connectivity index (χ0) is 15.1. The lowest BCUT2D eigenvalue weighted by atomic mass is 10.0. The van der Waals surface area contributed by atoms with Gasteiger partial charge in [-0.3, -0.25) is 0 Å². The summed E-state index contributed by atoms with van der Waals surface area (Å²) in [6.45, 7) is 1.64. The number of aliphatic hydroxyl groups is 1. The lowest BCUT2D eigenvalue weighted by Gasteiger charge is -2.17. The predicted molar refractivity (Wildman–Crippen MR) is 85.6 cm³/mol. The first-order valence-electron chi connectivity index (χ1n) is 7.28. The minimum absolute atomic E-state index is 0.650. The fraction of sp³-hybridized carbons (Fsp3) is 0.333. The monoisotopic (exact) mass is 285 g/mol. The van der Waals surface area contributed by atoms with E-state index in [9.17, 15) is 5.11 Å². The number of ether oxygens (including phenoxy) is 1. The van der Waals surface area contributed by atoms with E-state index in [-0.39, 0.29) is 0 Å². The summed E-state index contributed by atoms with van der Waals surface area (Å²) in [5.41, 5.74) is 1.69. The van der Waals surface area contributed by atoms with Crippen LogP contribution in [-0.4, -0.2) is 37.3 Å². The Kier molecular flexibility index (Phi) is 5.78. The van der Waals surface area contributed by atoms with Crippen LogP contribution in [0.25, 0.3) is 0 Å². The van der Waals surface area contributed by atoms with Crippen molar-refractivity contribution in [1.82, 2.24) is 4.90 Å². The molecule has 1 N–H and O–H groups in total. The number of hydrogen-bond acceptors (Lipinski definition) is 3. The molecule has 0 heterocycles. The quantitative estimate of drug-likeness (QED) is 0.794. The molecule has 0 amide bonds. The van der Waals surface area contributed by atoms with Crippen LogP contribution in [0.4, 0.5) is 0 Å². The van der Waals surface area contributed by atoms with Gasteiger partial charge in [-0.1, -0.05) is 48.5 Å². The summed E-state index contributed by atoms with van der Waals surface area (Å²) >= 11 is 0. The summed E-state index contributed by atoms with van der Waals surface area (Å²) in [6.07, 6.45) is 0.305. The van der Waals surface area contributed by atoms with Crippen molar-refractivity contribution in [3.63, 3.8) is 0 Å². The molecule has 0 fully saturated rings. The van der Waals surface area contributed by atoms with E-state index < -0.39 is 6.10 Å². The molecule has 112 valence electrons. The van der Waals surface area contributed by atoms with Crippen LogP contribution in [-0.2, 0) is 0 Å². The molecule has 0 spiro atoms. The minimum atomic E-state index is -0.656. The number of rotatable bonds is 7. The summed E-state index contributed by atoms with van der Waals surface area (Å²) < 4.78 is 5.84. The Balaban J connectivity index is 2.06. The van der Waals surface area contributed by atoms with E-state index in [2.05, 4.69) is 4.90 Å². The van der Waals surface area contributed by atoms with Crippen molar-refractivity contribution < 1.29 is 9.84 Å². The maximum atomic E-state index is 10.5. The Hall–Kier alpha value is -1.84. The molecule has 0 saturated carbocycles. The average molecular weight is 285 g/mol. The van der Waals surface area contributed by atoms with Crippen molar-refractivity contribution in [2.75, 3.05) is 27.2 Å². The lowest BCUT2D eigenvalue weighted by Crippen LogP contribution is -2.16. The van der Waals surface area contributed by atoms with E-state index in [1.165, 1.54) is 0 Å². The van der Waals surface area contributed by atoms with E-state index in [4.69, 9.17) is 4.74 Å². The largest absolute Gasteiger partial charge is 0.493 e. The van der Waals surface area contributed by atoms with Crippen LogP contribution in [0.15, 0.2) is 54.6 Å². The Morgan fingerprint density at radius 1 is 1.00 bits per heavy atom. The summed E-state index contributed by atoms with van der Waals surface area (Å²) in [4.78, 5) is 2.13. The van der Waals surface area contributed by atoms with Gasteiger partial charge in [-0.2, -0.15) is 0 Å². The fourth-order valence-corrected chi connectivity index (χ4v) is 2.22. The normalized spacial score (nSPS) is 12.4. The van der Waals surface area contributed by atoms with Gasteiger partial charge in [-0.05, 0) is 32.1 Å². The predicted octanol–water partition coefficient (Wildman–Crippen LogP) is 3.10. The average Bonchev–Trinajstić information content (AvgIpc) is 2.52. The second-order valence-electron chi connectivity index (χ2n) is 5.36. The number of para-hydroxylation sites is 1. The van der Waals surface area contributed by atoms with Gasteiger partial charge in [0.1, 0.15) is 11.9 Å². The first-order valence-corrected chi connectivity index (χ1v) is 7.28. The number of benzene rings is 2. The van der Waals surface area contributed by atoms with Crippen molar-refractivity contribution in [3.8, 4) is 5.75 Å². The first kappa shape index (κ1) is 15.5. The van der Waals surface area contributed by atoms with Gasteiger partial charge in [0.2, 0.25) is 0 Å². The second-order valence-corrected chi connectivity index (χ2v) is 5.36. The van der Waals surface area contributed by atoms with E-state index in [1.54, 1.807) is 0 Å². The Bertz CT molecular complexity index is 540. The summed E-state index contributed by atoms with van der Waals surface area (Å²) in [5, 5.41) is 10.5. The molecule has 2 aromatic carbocycles. The van der Waals surface area contributed by atoms with Crippen molar-refractivity contribution >= 4 is 0 Å². The lowest BCUT2D eigenvalue weighted by molar-refractivity contribution is 0.208. The molecule has 0 aliphatic rings. The number of nitrogens with zero attached hydrogens (tertiary/aromatic N) is 1. The molecule has 2 aromatic rings. The Morgan fingerprint density at radius 2 is 1.67 bits per heavy atom. The van der Waals surface area contributed by atoms with Crippen LogP contribution in [0.3, 0.4) is 0 Å². The van der Waals surface area contributed by atoms with Crippen LogP contribution >= 0.6 is 0 Å². The molecular formula is C18H23NO2. The summed E-state index contributed by atoms with van der Waals surface area (Å²) in [5.74, 6) is 0.757. The van der Waals surface area contributed by atoms with Crippen LogP contribution in [0.2, 0.25) is 0 Å². The van der Waals surface area contributed by atoms with Gasteiger partial charge in [0, 0.05) is 12.1 Å². The maximum Gasteiger partial charge on any atom is 0.125 e. The molecule has 0 aromatic heterocycles. The summed E-state index contributed by atoms with van der Waals surface area (Å²) in [7, 11) is 4.10. The Labute approximate surface area is 126 Å². The van der Waals surface area contributed by atoms with Crippen molar-refractivity contribution in [2.45, 2.75) is 12.5 Å². The molecule has 3 heteroatoms. The molecule has 0 saturated heterocycles. The van der Waals surface area contributed by atoms with Crippen LogP contribution < -0.4 is 4.74 Å². The van der Waals surface area contributed by atoms with E-state index in [1.807, 2.05) is 68.7 Å². The molecule has 1 unspecified atom stereocenters. The second kappa shape index (κ2) is 7.81. The van der Waals surface area contributed by atoms with Gasteiger partial charge in [0.05, 0.1) is 6.61 Å². The smallest absolute Gasteiger partial charge is 0.125 e. The van der Waals surface area contributed by atoms with Gasteiger partial charge in [0.15, 0.2) is 0 Å². The standard InChI is InChI=1S/C18H23NO2/c1-19(2)13-8-14-21-17-12-7-6-11-16(17)18(20)15-9-4-3-5-10-15/h3-7,9-12,18,20H,8,13-14H2,1-2H3. The molecule has 1 atom stereocenters. The highest BCUT2D eigenvalue weighted by Gasteiger charge is 2.14. The third kappa shape index (κ3) is 4.59. The molecule has 21 heavy (non-hydrogen) atoms. The van der Waals surface area contributed by atoms with Crippen molar-refractivity contribution in [3.05, 3.63) is 65.7 Å².